The van der Waals surface area contributed by atoms with E-state index in [2.05, 4.69) is 10.1 Å². The SMILES string of the molecule is COC(=O)C(Cl)CN(CC(=O)Nc1cccc(O)c1)Cc1ccccc1. The van der Waals surface area contributed by atoms with E-state index in [1.54, 1.807) is 17.0 Å². The van der Waals surface area contributed by atoms with Crippen molar-refractivity contribution in [3.63, 3.8) is 0 Å². The number of amides is 1. The number of nitrogens with one attached hydrogen (secondary N) is 1. The van der Waals surface area contributed by atoms with Crippen LogP contribution in [-0.2, 0) is 20.9 Å². The van der Waals surface area contributed by atoms with Crippen LogP contribution in [0.1, 0.15) is 5.56 Å². The van der Waals surface area contributed by atoms with Gasteiger partial charge in [0.15, 0.2) is 0 Å². The number of aromatic hydroxyl groups is 1. The van der Waals surface area contributed by atoms with Crippen LogP contribution in [0.4, 0.5) is 5.69 Å². The second-order valence-corrected chi connectivity index (χ2v) is 6.27. The fraction of sp³-hybridized carbons (Fsp3) is 0.263. The molecule has 0 aliphatic heterocycles. The molecule has 0 aliphatic rings. The number of hydrogen-bond acceptors (Lipinski definition) is 5. The Balaban J connectivity index is 2.04. The topological polar surface area (TPSA) is 78.9 Å². The van der Waals surface area contributed by atoms with Gasteiger partial charge in [0, 0.05) is 24.8 Å². The molecule has 1 amide bonds. The summed E-state index contributed by atoms with van der Waals surface area (Å²) in [6, 6.07) is 15.9. The van der Waals surface area contributed by atoms with Crippen LogP contribution in [-0.4, -0.2) is 47.5 Å². The highest BCUT2D eigenvalue weighted by atomic mass is 35.5. The van der Waals surface area contributed by atoms with Crippen LogP contribution >= 0.6 is 11.6 Å². The standard InChI is InChI=1S/C19H21ClN2O4/c1-26-19(25)17(20)12-22(11-14-6-3-2-4-7-14)13-18(24)21-15-8-5-9-16(23)10-15/h2-10,17,23H,11-13H2,1H3,(H,21,24). The summed E-state index contributed by atoms with van der Waals surface area (Å²) in [5.74, 6) is -0.756. The van der Waals surface area contributed by atoms with Crippen molar-refractivity contribution < 1.29 is 19.4 Å². The van der Waals surface area contributed by atoms with E-state index >= 15 is 0 Å². The molecule has 2 aromatic carbocycles. The Morgan fingerprint density at radius 3 is 2.58 bits per heavy atom. The number of phenolic OH excluding ortho intramolecular Hbond substituents is 1. The molecule has 1 unspecified atom stereocenters. The molecule has 0 aliphatic carbocycles. The molecule has 0 spiro atoms. The van der Waals surface area contributed by atoms with Crippen LogP contribution in [0, 0.1) is 0 Å². The fourth-order valence-electron chi connectivity index (χ4n) is 2.44. The first-order chi connectivity index (χ1) is 12.5. The minimum atomic E-state index is -0.878. The number of methoxy groups -OCH3 is 1. The number of rotatable bonds is 8. The average Bonchev–Trinajstić information content (AvgIpc) is 2.61. The number of esters is 1. The van der Waals surface area contributed by atoms with Gasteiger partial charge in [-0.1, -0.05) is 36.4 Å². The van der Waals surface area contributed by atoms with E-state index in [4.69, 9.17) is 11.6 Å². The van der Waals surface area contributed by atoms with E-state index in [9.17, 15) is 14.7 Å². The van der Waals surface area contributed by atoms with E-state index in [1.165, 1.54) is 19.2 Å². The minimum absolute atomic E-state index is 0.0325. The lowest BCUT2D eigenvalue weighted by Crippen LogP contribution is -2.39. The van der Waals surface area contributed by atoms with Gasteiger partial charge in [-0.05, 0) is 17.7 Å². The molecular formula is C19H21ClN2O4. The van der Waals surface area contributed by atoms with Gasteiger partial charge in [0.25, 0.3) is 0 Å². The molecule has 0 bridgehead atoms. The second kappa shape index (κ2) is 9.79. The maximum Gasteiger partial charge on any atom is 0.325 e. The van der Waals surface area contributed by atoms with Crippen LogP contribution in [0.25, 0.3) is 0 Å². The van der Waals surface area contributed by atoms with Gasteiger partial charge in [-0.15, -0.1) is 11.6 Å². The average molecular weight is 377 g/mol. The largest absolute Gasteiger partial charge is 0.508 e. The van der Waals surface area contributed by atoms with Crippen LogP contribution in [0.3, 0.4) is 0 Å². The fourth-order valence-corrected chi connectivity index (χ4v) is 2.73. The molecule has 2 aromatic rings. The molecule has 1 atom stereocenters. The maximum absolute atomic E-state index is 12.4. The molecule has 0 radical (unpaired) electrons. The van der Waals surface area contributed by atoms with Crippen molar-refractivity contribution >= 4 is 29.2 Å². The van der Waals surface area contributed by atoms with Crippen molar-refractivity contribution in [3.8, 4) is 5.75 Å². The van der Waals surface area contributed by atoms with E-state index in [0.29, 0.717) is 12.2 Å². The Kier molecular flexibility index (Phi) is 7.44. The summed E-state index contributed by atoms with van der Waals surface area (Å²) in [6.07, 6.45) is 0. The molecule has 2 N–H and O–H groups in total. The molecule has 6 nitrogen and oxygen atoms in total. The third-order valence-electron chi connectivity index (χ3n) is 3.62. The Morgan fingerprint density at radius 2 is 1.92 bits per heavy atom. The Morgan fingerprint density at radius 1 is 1.19 bits per heavy atom. The van der Waals surface area contributed by atoms with Crippen LogP contribution in [0.2, 0.25) is 0 Å². The Bertz CT molecular complexity index is 739. The first-order valence-corrected chi connectivity index (χ1v) is 8.48. The Hall–Kier alpha value is -2.57. The molecule has 0 saturated heterocycles. The van der Waals surface area contributed by atoms with Crippen LogP contribution in [0.15, 0.2) is 54.6 Å². The normalized spacial score (nSPS) is 11.8. The van der Waals surface area contributed by atoms with E-state index in [0.717, 1.165) is 5.56 Å². The number of hydrogen-bond donors (Lipinski definition) is 2. The molecule has 0 heterocycles. The van der Waals surface area contributed by atoms with Crippen molar-refractivity contribution in [1.29, 1.82) is 0 Å². The van der Waals surface area contributed by atoms with Gasteiger partial charge in [0.2, 0.25) is 5.91 Å². The van der Waals surface area contributed by atoms with Gasteiger partial charge in [0.05, 0.1) is 13.7 Å². The lowest BCUT2D eigenvalue weighted by molar-refractivity contribution is -0.140. The van der Waals surface area contributed by atoms with Crippen molar-refractivity contribution in [2.24, 2.45) is 0 Å². The molecular weight excluding hydrogens is 356 g/mol. The predicted octanol–water partition coefficient (Wildman–Crippen LogP) is 2.61. The zero-order valence-electron chi connectivity index (χ0n) is 14.4. The van der Waals surface area contributed by atoms with Gasteiger partial charge < -0.3 is 15.2 Å². The second-order valence-electron chi connectivity index (χ2n) is 5.74. The predicted molar refractivity (Wildman–Crippen MR) is 100 cm³/mol. The highest BCUT2D eigenvalue weighted by Gasteiger charge is 2.21. The van der Waals surface area contributed by atoms with Gasteiger partial charge in [0.1, 0.15) is 11.1 Å². The lowest BCUT2D eigenvalue weighted by atomic mass is 10.2. The molecule has 2 rings (SSSR count). The first kappa shape index (κ1) is 19.8. The van der Waals surface area contributed by atoms with Crippen LogP contribution in [0.5, 0.6) is 5.75 Å². The van der Waals surface area contributed by atoms with Gasteiger partial charge in [-0.2, -0.15) is 0 Å². The molecule has 26 heavy (non-hydrogen) atoms. The lowest BCUT2D eigenvalue weighted by Gasteiger charge is -2.23. The smallest absolute Gasteiger partial charge is 0.325 e. The van der Waals surface area contributed by atoms with Crippen molar-refractivity contribution in [3.05, 3.63) is 60.2 Å². The summed E-state index contributed by atoms with van der Waals surface area (Å²) in [5, 5.41) is 11.3. The highest BCUT2D eigenvalue weighted by Crippen LogP contribution is 2.15. The zero-order valence-corrected chi connectivity index (χ0v) is 15.1. The van der Waals surface area contributed by atoms with E-state index in [-0.39, 0.29) is 24.7 Å². The monoisotopic (exact) mass is 376 g/mol. The van der Waals surface area contributed by atoms with Crippen molar-refractivity contribution in [2.45, 2.75) is 11.9 Å². The zero-order chi connectivity index (χ0) is 18.9. The highest BCUT2D eigenvalue weighted by molar-refractivity contribution is 6.30. The van der Waals surface area contributed by atoms with Crippen molar-refractivity contribution in [1.82, 2.24) is 4.90 Å². The molecule has 0 saturated carbocycles. The molecule has 0 aromatic heterocycles. The van der Waals surface area contributed by atoms with Crippen molar-refractivity contribution in [2.75, 3.05) is 25.5 Å². The third-order valence-corrected chi connectivity index (χ3v) is 3.94. The number of halogens is 1. The number of benzene rings is 2. The van der Waals surface area contributed by atoms with Crippen LogP contribution < -0.4 is 5.32 Å². The maximum atomic E-state index is 12.4. The molecule has 0 fully saturated rings. The summed E-state index contributed by atoms with van der Waals surface area (Å²) < 4.78 is 4.65. The number of ether oxygens (including phenoxy) is 1. The number of anilines is 1. The van der Waals surface area contributed by atoms with Gasteiger partial charge >= 0.3 is 5.97 Å². The van der Waals surface area contributed by atoms with E-state index in [1.807, 2.05) is 30.3 Å². The Labute approximate surface area is 157 Å². The van der Waals surface area contributed by atoms with Gasteiger partial charge in [-0.3, -0.25) is 14.5 Å². The number of nitrogens with zero attached hydrogens (tertiary/aromatic N) is 1. The first-order valence-electron chi connectivity index (χ1n) is 8.05. The molecule has 7 heteroatoms. The number of carbonyl (C=O) groups excluding carboxylic acids is 2. The summed E-state index contributed by atoms with van der Waals surface area (Å²) in [7, 11) is 1.27. The number of carbonyl (C=O) groups is 2. The summed E-state index contributed by atoms with van der Waals surface area (Å²) >= 11 is 6.08. The number of alkyl halides is 1. The third kappa shape index (κ3) is 6.38. The quantitative estimate of drug-likeness (QED) is 0.547. The summed E-state index contributed by atoms with van der Waals surface area (Å²) in [4.78, 5) is 25.7. The minimum Gasteiger partial charge on any atom is -0.508 e. The van der Waals surface area contributed by atoms with E-state index < -0.39 is 11.3 Å². The summed E-state index contributed by atoms with van der Waals surface area (Å²) in [5.41, 5.74) is 1.48. The summed E-state index contributed by atoms with van der Waals surface area (Å²) in [6.45, 7) is 0.649. The number of phenols is 1. The molecule has 138 valence electrons. The van der Waals surface area contributed by atoms with Gasteiger partial charge in [-0.25, -0.2) is 0 Å².